The Hall–Kier alpha value is -1.10. The summed E-state index contributed by atoms with van der Waals surface area (Å²) in [4.78, 5) is 0. The van der Waals surface area contributed by atoms with Gasteiger partial charge in [0.05, 0.1) is 6.04 Å². The smallest absolute Gasteiger partial charge is 0.315 e. The zero-order valence-electron chi connectivity index (χ0n) is 11.9. The quantitative estimate of drug-likeness (QED) is 0.827. The van der Waals surface area contributed by atoms with Crippen LogP contribution in [0.5, 0.6) is 0 Å². The van der Waals surface area contributed by atoms with Crippen LogP contribution in [0.15, 0.2) is 4.42 Å². The van der Waals surface area contributed by atoms with Crippen molar-refractivity contribution in [2.24, 2.45) is 11.8 Å². The van der Waals surface area contributed by atoms with Gasteiger partial charge in [0.25, 0.3) is 0 Å². The highest BCUT2D eigenvalue weighted by Crippen LogP contribution is 2.45. The number of nitrogens with zero attached hydrogens (tertiary/aromatic N) is 2. The fourth-order valence-electron chi connectivity index (χ4n) is 3.50. The number of rotatable bonds is 6. The molecular formula is C14H24N4O. The molecule has 2 fully saturated rings. The molecule has 0 radical (unpaired) electrons. The number of hydrogen-bond acceptors (Lipinski definition) is 5. The standard InChI is InChI=1S/C14H24N4O/c1-3-6-15-9(2)13-17-18-14(19-13)16-12-8-10-4-5-11(12)7-10/h9-12,15H,3-8H2,1-2H3,(H,16,18). The molecule has 2 saturated carbocycles. The number of anilines is 1. The van der Waals surface area contributed by atoms with Gasteiger partial charge in [-0.25, -0.2) is 0 Å². The molecule has 5 heteroatoms. The molecule has 4 atom stereocenters. The summed E-state index contributed by atoms with van der Waals surface area (Å²) in [5.41, 5.74) is 0. The first-order chi connectivity index (χ1) is 9.26. The zero-order valence-corrected chi connectivity index (χ0v) is 11.9. The molecule has 3 rings (SSSR count). The van der Waals surface area contributed by atoms with Gasteiger partial charge in [-0.3, -0.25) is 0 Å². The third kappa shape index (κ3) is 2.76. The normalized spacial score (nSPS) is 30.7. The molecule has 1 heterocycles. The Morgan fingerprint density at radius 3 is 2.89 bits per heavy atom. The number of nitrogens with one attached hydrogen (secondary N) is 2. The lowest BCUT2D eigenvalue weighted by Gasteiger charge is -2.21. The Labute approximate surface area is 114 Å². The maximum Gasteiger partial charge on any atom is 0.315 e. The topological polar surface area (TPSA) is 63.0 Å². The van der Waals surface area contributed by atoms with Gasteiger partial charge in [-0.1, -0.05) is 18.4 Å². The average molecular weight is 264 g/mol. The van der Waals surface area contributed by atoms with Crippen LogP contribution in [-0.2, 0) is 0 Å². The Bertz CT molecular complexity index is 419. The summed E-state index contributed by atoms with van der Waals surface area (Å²) in [6.45, 7) is 5.18. The van der Waals surface area contributed by atoms with Crippen molar-refractivity contribution in [2.45, 2.75) is 58.0 Å². The minimum Gasteiger partial charge on any atom is -0.406 e. The van der Waals surface area contributed by atoms with Gasteiger partial charge in [0, 0.05) is 6.04 Å². The molecule has 19 heavy (non-hydrogen) atoms. The lowest BCUT2D eigenvalue weighted by molar-refractivity contribution is 0.402. The number of hydrogen-bond donors (Lipinski definition) is 2. The minimum atomic E-state index is 0.128. The van der Waals surface area contributed by atoms with Gasteiger partial charge in [-0.2, -0.15) is 0 Å². The third-order valence-corrected chi connectivity index (χ3v) is 4.56. The van der Waals surface area contributed by atoms with Gasteiger partial charge in [-0.05, 0) is 51.0 Å². The van der Waals surface area contributed by atoms with Crippen LogP contribution < -0.4 is 10.6 Å². The number of fused-ring (bicyclic) bond motifs is 2. The lowest BCUT2D eigenvalue weighted by Crippen LogP contribution is -2.25. The molecule has 5 nitrogen and oxygen atoms in total. The van der Waals surface area contributed by atoms with Gasteiger partial charge >= 0.3 is 6.01 Å². The molecular weight excluding hydrogens is 240 g/mol. The van der Waals surface area contributed by atoms with Gasteiger partial charge in [-0.15, -0.1) is 5.10 Å². The van der Waals surface area contributed by atoms with Crippen LogP contribution in [0, 0.1) is 11.8 Å². The summed E-state index contributed by atoms with van der Waals surface area (Å²) < 4.78 is 5.72. The maximum absolute atomic E-state index is 5.72. The summed E-state index contributed by atoms with van der Waals surface area (Å²) in [7, 11) is 0. The van der Waals surface area contributed by atoms with Crippen LogP contribution in [-0.4, -0.2) is 22.8 Å². The van der Waals surface area contributed by atoms with Crippen molar-refractivity contribution in [1.82, 2.24) is 15.5 Å². The zero-order chi connectivity index (χ0) is 13.2. The second-order valence-corrected chi connectivity index (χ2v) is 6.05. The first-order valence-corrected chi connectivity index (χ1v) is 7.59. The fourth-order valence-corrected chi connectivity index (χ4v) is 3.50. The van der Waals surface area contributed by atoms with Crippen molar-refractivity contribution < 1.29 is 4.42 Å². The summed E-state index contributed by atoms with van der Waals surface area (Å²) in [5.74, 6) is 2.42. The van der Waals surface area contributed by atoms with Gasteiger partial charge in [0.15, 0.2) is 0 Å². The summed E-state index contributed by atoms with van der Waals surface area (Å²) in [6.07, 6.45) is 6.53. The van der Waals surface area contributed by atoms with E-state index in [9.17, 15) is 0 Å². The van der Waals surface area contributed by atoms with E-state index < -0.39 is 0 Å². The molecule has 1 aromatic rings. The molecule has 0 spiro atoms. The molecule has 2 bridgehead atoms. The minimum absolute atomic E-state index is 0.128. The predicted molar refractivity (Wildman–Crippen MR) is 73.9 cm³/mol. The van der Waals surface area contributed by atoms with Crippen molar-refractivity contribution in [3.8, 4) is 0 Å². The number of aromatic nitrogens is 2. The van der Waals surface area contributed by atoms with Crippen LogP contribution in [0.25, 0.3) is 0 Å². The fraction of sp³-hybridized carbons (Fsp3) is 0.857. The third-order valence-electron chi connectivity index (χ3n) is 4.56. The highest BCUT2D eigenvalue weighted by atomic mass is 16.4. The molecule has 0 aliphatic heterocycles. The van der Waals surface area contributed by atoms with E-state index in [1.807, 2.05) is 0 Å². The van der Waals surface area contributed by atoms with Crippen molar-refractivity contribution in [2.75, 3.05) is 11.9 Å². The van der Waals surface area contributed by atoms with Crippen LogP contribution in [0.1, 0.15) is 57.9 Å². The second-order valence-electron chi connectivity index (χ2n) is 6.05. The van der Waals surface area contributed by atoms with Crippen molar-refractivity contribution >= 4 is 6.01 Å². The summed E-state index contributed by atoms with van der Waals surface area (Å²) in [5, 5.41) is 15.1. The van der Waals surface area contributed by atoms with Crippen molar-refractivity contribution in [3.63, 3.8) is 0 Å². The average Bonchev–Trinajstić information content (AvgIpc) is 3.11. The summed E-state index contributed by atoms with van der Waals surface area (Å²) in [6, 6.07) is 1.27. The van der Waals surface area contributed by atoms with E-state index in [4.69, 9.17) is 4.42 Å². The van der Waals surface area contributed by atoms with E-state index in [0.29, 0.717) is 17.9 Å². The first kappa shape index (κ1) is 12.9. The maximum atomic E-state index is 5.72. The molecule has 2 aliphatic rings. The molecule has 1 aromatic heterocycles. The predicted octanol–water partition coefficient (Wildman–Crippen LogP) is 2.73. The van der Waals surface area contributed by atoms with E-state index in [1.165, 1.54) is 25.7 Å². The van der Waals surface area contributed by atoms with Crippen LogP contribution in [0.4, 0.5) is 6.01 Å². The van der Waals surface area contributed by atoms with Crippen LogP contribution in [0.3, 0.4) is 0 Å². The molecule has 4 unspecified atom stereocenters. The summed E-state index contributed by atoms with van der Waals surface area (Å²) >= 11 is 0. The van der Waals surface area contributed by atoms with Crippen LogP contribution in [0.2, 0.25) is 0 Å². The molecule has 2 N–H and O–H groups in total. The van der Waals surface area contributed by atoms with Crippen molar-refractivity contribution in [1.29, 1.82) is 0 Å². The van der Waals surface area contributed by atoms with E-state index in [0.717, 1.165) is 24.8 Å². The SMILES string of the molecule is CCCNC(C)c1nnc(NC2CC3CCC2C3)o1. The molecule has 106 valence electrons. The second kappa shape index (κ2) is 5.49. The Balaban J connectivity index is 1.56. The van der Waals surface area contributed by atoms with Crippen LogP contribution >= 0.6 is 0 Å². The van der Waals surface area contributed by atoms with E-state index in [-0.39, 0.29) is 6.04 Å². The highest BCUT2D eigenvalue weighted by molar-refractivity contribution is 5.22. The van der Waals surface area contributed by atoms with Gasteiger partial charge < -0.3 is 15.1 Å². The largest absolute Gasteiger partial charge is 0.406 e. The Morgan fingerprint density at radius 1 is 1.32 bits per heavy atom. The molecule has 0 amide bonds. The van der Waals surface area contributed by atoms with Gasteiger partial charge in [0.2, 0.25) is 5.89 Å². The monoisotopic (exact) mass is 264 g/mol. The molecule has 0 aromatic carbocycles. The lowest BCUT2D eigenvalue weighted by atomic mass is 9.96. The Morgan fingerprint density at radius 2 is 2.21 bits per heavy atom. The Kier molecular flexibility index (Phi) is 3.73. The van der Waals surface area contributed by atoms with Gasteiger partial charge in [0.1, 0.15) is 0 Å². The molecule has 0 saturated heterocycles. The van der Waals surface area contributed by atoms with E-state index in [2.05, 4.69) is 34.7 Å². The first-order valence-electron chi connectivity index (χ1n) is 7.59. The van der Waals surface area contributed by atoms with Crippen molar-refractivity contribution in [3.05, 3.63) is 5.89 Å². The molecule has 2 aliphatic carbocycles. The van der Waals surface area contributed by atoms with E-state index >= 15 is 0 Å². The highest BCUT2D eigenvalue weighted by Gasteiger charge is 2.40. The van der Waals surface area contributed by atoms with E-state index in [1.54, 1.807) is 0 Å².